The molecule has 5 nitrogen and oxygen atoms in total. The first-order chi connectivity index (χ1) is 13.7. The molecular weight excluding hydrogens is 348 g/mol. The van der Waals surface area contributed by atoms with E-state index in [9.17, 15) is 0 Å². The monoisotopic (exact) mass is 380 g/mol. The Kier molecular flexibility index (Phi) is 6.25. The van der Waals surface area contributed by atoms with Gasteiger partial charge in [0, 0.05) is 58.1 Å². The summed E-state index contributed by atoms with van der Waals surface area (Å²) in [5.41, 5.74) is 4.77. The molecule has 5 heteroatoms. The molecule has 0 radical (unpaired) electrons. The van der Waals surface area contributed by atoms with Gasteiger partial charge in [0.2, 0.25) is 0 Å². The van der Waals surface area contributed by atoms with Gasteiger partial charge in [-0.25, -0.2) is 0 Å². The van der Waals surface area contributed by atoms with Crippen LogP contribution < -0.4 is 10.1 Å². The largest absolute Gasteiger partial charge is 0.487 e. The van der Waals surface area contributed by atoms with Gasteiger partial charge in [-0.15, -0.1) is 0 Å². The summed E-state index contributed by atoms with van der Waals surface area (Å²) in [6.07, 6.45) is 3.11. The van der Waals surface area contributed by atoms with Gasteiger partial charge in [-0.1, -0.05) is 18.2 Å². The van der Waals surface area contributed by atoms with Crippen LogP contribution in [0.3, 0.4) is 0 Å². The topological polar surface area (TPSA) is 40.6 Å². The van der Waals surface area contributed by atoms with Crippen molar-refractivity contribution < 1.29 is 4.74 Å². The van der Waals surface area contributed by atoms with Crippen LogP contribution >= 0.6 is 0 Å². The van der Waals surface area contributed by atoms with E-state index in [4.69, 9.17) is 4.74 Å². The van der Waals surface area contributed by atoms with E-state index in [1.54, 1.807) is 0 Å². The van der Waals surface area contributed by atoms with Crippen LogP contribution in [0.25, 0.3) is 0 Å². The Bertz CT molecular complexity index is 750. The first-order valence-corrected chi connectivity index (χ1v) is 10.5. The second-order valence-corrected chi connectivity index (χ2v) is 8.13. The number of benzene rings is 1. The third-order valence-electron chi connectivity index (χ3n) is 5.93. The number of nitrogens with zero attached hydrogens (tertiary/aromatic N) is 3. The van der Waals surface area contributed by atoms with Gasteiger partial charge in [0.25, 0.3) is 0 Å². The van der Waals surface area contributed by atoms with Crippen LogP contribution in [0.1, 0.15) is 28.8 Å². The molecule has 2 aliphatic heterocycles. The Morgan fingerprint density at radius 1 is 1.11 bits per heavy atom. The summed E-state index contributed by atoms with van der Waals surface area (Å²) in [6.45, 7) is 12.9. The van der Waals surface area contributed by atoms with Crippen LogP contribution in [0.15, 0.2) is 36.5 Å². The lowest BCUT2D eigenvalue weighted by atomic mass is 10.1. The molecular formula is C23H32N4O. The number of ether oxygens (including phenoxy) is 1. The maximum absolute atomic E-state index is 6.09. The molecule has 2 aliphatic rings. The summed E-state index contributed by atoms with van der Waals surface area (Å²) in [5, 5.41) is 3.46. The highest BCUT2D eigenvalue weighted by Gasteiger charge is 2.28. The van der Waals surface area contributed by atoms with Crippen molar-refractivity contribution in [3.8, 4) is 5.75 Å². The minimum absolute atomic E-state index is 0.514. The van der Waals surface area contributed by atoms with E-state index in [1.807, 2.05) is 24.4 Å². The van der Waals surface area contributed by atoms with Crippen molar-refractivity contribution in [2.75, 3.05) is 39.3 Å². The molecule has 2 aromatic rings. The fourth-order valence-corrected chi connectivity index (χ4v) is 4.55. The molecule has 1 unspecified atom stereocenters. The van der Waals surface area contributed by atoms with Crippen molar-refractivity contribution in [3.05, 3.63) is 58.9 Å². The van der Waals surface area contributed by atoms with Gasteiger partial charge >= 0.3 is 0 Å². The number of piperazine rings is 1. The lowest BCUT2D eigenvalue weighted by Gasteiger charge is -2.32. The maximum atomic E-state index is 6.09. The lowest BCUT2D eigenvalue weighted by Crippen LogP contribution is -2.49. The van der Waals surface area contributed by atoms with Crippen molar-refractivity contribution in [2.24, 2.45) is 0 Å². The number of aromatic nitrogens is 1. The first-order valence-electron chi connectivity index (χ1n) is 10.5. The third kappa shape index (κ3) is 4.72. The van der Waals surface area contributed by atoms with Crippen molar-refractivity contribution in [1.29, 1.82) is 0 Å². The summed E-state index contributed by atoms with van der Waals surface area (Å²) in [5.74, 6) is 0.995. The number of hydrogen-bond donors (Lipinski definition) is 1. The number of likely N-dealkylation sites (tertiary alicyclic amines) is 1. The third-order valence-corrected chi connectivity index (χ3v) is 5.93. The van der Waals surface area contributed by atoms with E-state index in [-0.39, 0.29) is 0 Å². The molecule has 2 fully saturated rings. The van der Waals surface area contributed by atoms with Gasteiger partial charge in [-0.2, -0.15) is 0 Å². The fourth-order valence-electron chi connectivity index (χ4n) is 4.55. The van der Waals surface area contributed by atoms with Gasteiger partial charge < -0.3 is 10.1 Å². The van der Waals surface area contributed by atoms with Gasteiger partial charge in [0.05, 0.1) is 5.69 Å². The van der Waals surface area contributed by atoms with Crippen LogP contribution in [0, 0.1) is 13.8 Å². The molecule has 0 spiro atoms. The van der Waals surface area contributed by atoms with Crippen LogP contribution in [0.4, 0.5) is 0 Å². The molecule has 1 atom stereocenters. The predicted octanol–water partition coefficient (Wildman–Crippen LogP) is 2.76. The second kappa shape index (κ2) is 9.03. The van der Waals surface area contributed by atoms with Crippen LogP contribution in [-0.4, -0.2) is 60.1 Å². The van der Waals surface area contributed by atoms with Crippen molar-refractivity contribution in [2.45, 2.75) is 39.5 Å². The Hall–Kier alpha value is -1.95. The molecule has 1 aromatic carbocycles. The molecule has 1 aromatic heterocycles. The average Bonchev–Trinajstić information content (AvgIpc) is 3.17. The van der Waals surface area contributed by atoms with Crippen molar-refractivity contribution in [3.63, 3.8) is 0 Å². The fraction of sp³-hybridized carbons (Fsp3) is 0.522. The van der Waals surface area contributed by atoms with E-state index < -0.39 is 0 Å². The van der Waals surface area contributed by atoms with Crippen molar-refractivity contribution >= 4 is 0 Å². The number of rotatable bonds is 6. The Morgan fingerprint density at radius 2 is 1.89 bits per heavy atom. The zero-order valence-corrected chi connectivity index (χ0v) is 17.2. The number of hydrogen-bond acceptors (Lipinski definition) is 5. The molecule has 0 aliphatic carbocycles. The van der Waals surface area contributed by atoms with E-state index in [1.165, 1.54) is 49.3 Å². The van der Waals surface area contributed by atoms with Gasteiger partial charge in [-0.3, -0.25) is 14.8 Å². The standard InChI is InChI=1S/C23H32N4O/c1-18-13-20(14-19(2)23(18)28-17-21-5-3-4-7-25-21)15-26-10-6-22(16-26)27-11-8-24-9-12-27/h3-5,7,13-14,22,24H,6,8-12,15-17H2,1-2H3. The molecule has 0 bridgehead atoms. The minimum Gasteiger partial charge on any atom is -0.487 e. The summed E-state index contributed by atoms with van der Waals surface area (Å²) in [7, 11) is 0. The highest BCUT2D eigenvalue weighted by atomic mass is 16.5. The van der Waals surface area contributed by atoms with E-state index >= 15 is 0 Å². The molecule has 0 saturated carbocycles. The quantitative estimate of drug-likeness (QED) is 0.835. The molecule has 0 amide bonds. The zero-order chi connectivity index (χ0) is 19.3. The Morgan fingerprint density at radius 3 is 2.61 bits per heavy atom. The Labute approximate surface area is 168 Å². The van der Waals surface area contributed by atoms with E-state index in [2.05, 4.69) is 46.1 Å². The normalized spacial score (nSPS) is 21.1. The molecule has 1 N–H and O–H groups in total. The summed E-state index contributed by atoms with van der Waals surface area (Å²) < 4.78 is 6.09. The number of nitrogens with one attached hydrogen (secondary N) is 1. The molecule has 4 rings (SSSR count). The smallest absolute Gasteiger partial charge is 0.130 e. The summed E-state index contributed by atoms with van der Waals surface area (Å²) in [6, 6.07) is 11.2. The highest BCUT2D eigenvalue weighted by Crippen LogP contribution is 2.27. The minimum atomic E-state index is 0.514. The number of aryl methyl sites for hydroxylation is 2. The van der Waals surface area contributed by atoms with E-state index in [0.29, 0.717) is 6.61 Å². The number of pyridine rings is 1. The lowest BCUT2D eigenvalue weighted by molar-refractivity contribution is 0.170. The van der Waals surface area contributed by atoms with Gasteiger partial charge in [0.15, 0.2) is 0 Å². The molecule has 28 heavy (non-hydrogen) atoms. The van der Waals surface area contributed by atoms with Gasteiger partial charge in [-0.05, 0) is 49.1 Å². The predicted molar refractivity (Wildman–Crippen MR) is 113 cm³/mol. The second-order valence-electron chi connectivity index (χ2n) is 8.13. The zero-order valence-electron chi connectivity index (χ0n) is 17.2. The Balaban J connectivity index is 1.35. The maximum Gasteiger partial charge on any atom is 0.130 e. The van der Waals surface area contributed by atoms with Crippen molar-refractivity contribution in [1.82, 2.24) is 20.1 Å². The SMILES string of the molecule is Cc1cc(CN2CCC(N3CCNCC3)C2)cc(C)c1OCc1ccccn1. The molecule has 2 saturated heterocycles. The summed E-state index contributed by atoms with van der Waals surface area (Å²) in [4.78, 5) is 9.62. The molecule has 3 heterocycles. The summed E-state index contributed by atoms with van der Waals surface area (Å²) >= 11 is 0. The van der Waals surface area contributed by atoms with Crippen LogP contribution in [-0.2, 0) is 13.2 Å². The first kappa shape index (κ1) is 19.4. The highest BCUT2D eigenvalue weighted by molar-refractivity contribution is 5.43. The average molecular weight is 381 g/mol. The van der Waals surface area contributed by atoms with E-state index in [0.717, 1.165) is 37.1 Å². The van der Waals surface area contributed by atoms with Crippen LogP contribution in [0.2, 0.25) is 0 Å². The van der Waals surface area contributed by atoms with Crippen LogP contribution in [0.5, 0.6) is 5.75 Å². The molecule has 150 valence electrons. The van der Waals surface area contributed by atoms with Gasteiger partial charge in [0.1, 0.15) is 12.4 Å².